The molecular weight excluding hydrogens is 222 g/mol. The Morgan fingerprint density at radius 2 is 1.53 bits per heavy atom. The average Bonchev–Trinajstić information content (AvgIpc) is 2.27. The second kappa shape index (κ2) is 5.65. The van der Waals surface area contributed by atoms with Crippen molar-refractivity contribution in [2.45, 2.75) is 25.6 Å². The van der Waals surface area contributed by atoms with E-state index in [1.807, 2.05) is 6.92 Å². The molecule has 7 heteroatoms. The number of aromatic nitrogens is 2. The SMILES string of the molecule is CCC(c1c(N)nc(N)nc1N)C(OC)OC. The first-order valence-corrected chi connectivity index (χ1v) is 5.29. The molecule has 1 atom stereocenters. The van der Waals surface area contributed by atoms with Crippen molar-refractivity contribution in [2.24, 2.45) is 0 Å². The maximum atomic E-state index is 5.82. The van der Waals surface area contributed by atoms with Crippen molar-refractivity contribution in [3.63, 3.8) is 0 Å². The van der Waals surface area contributed by atoms with Gasteiger partial charge in [0.1, 0.15) is 11.6 Å². The van der Waals surface area contributed by atoms with Gasteiger partial charge in [0.2, 0.25) is 5.95 Å². The highest BCUT2D eigenvalue weighted by molar-refractivity contribution is 5.57. The molecule has 1 unspecified atom stereocenters. The Labute approximate surface area is 100 Å². The summed E-state index contributed by atoms with van der Waals surface area (Å²) in [4.78, 5) is 7.82. The smallest absolute Gasteiger partial charge is 0.223 e. The number of nitrogens with two attached hydrogens (primary N) is 3. The predicted molar refractivity (Wildman–Crippen MR) is 66.1 cm³/mol. The molecule has 96 valence electrons. The van der Waals surface area contributed by atoms with Gasteiger partial charge in [-0.15, -0.1) is 0 Å². The van der Waals surface area contributed by atoms with Crippen LogP contribution in [0.2, 0.25) is 0 Å². The Morgan fingerprint density at radius 1 is 1.06 bits per heavy atom. The summed E-state index contributed by atoms with van der Waals surface area (Å²) >= 11 is 0. The van der Waals surface area contributed by atoms with Gasteiger partial charge in [0.15, 0.2) is 6.29 Å². The number of anilines is 3. The highest BCUT2D eigenvalue weighted by Crippen LogP contribution is 2.32. The summed E-state index contributed by atoms with van der Waals surface area (Å²) in [7, 11) is 3.11. The molecule has 0 aromatic carbocycles. The van der Waals surface area contributed by atoms with E-state index in [2.05, 4.69) is 9.97 Å². The lowest BCUT2D eigenvalue weighted by atomic mass is 9.96. The van der Waals surface area contributed by atoms with Gasteiger partial charge in [0, 0.05) is 25.7 Å². The van der Waals surface area contributed by atoms with Crippen LogP contribution in [0.25, 0.3) is 0 Å². The molecule has 0 amide bonds. The van der Waals surface area contributed by atoms with Crippen molar-refractivity contribution in [3.8, 4) is 0 Å². The monoisotopic (exact) mass is 241 g/mol. The summed E-state index contributed by atoms with van der Waals surface area (Å²) < 4.78 is 10.5. The third kappa shape index (κ3) is 2.75. The molecule has 1 aromatic heterocycles. The van der Waals surface area contributed by atoms with E-state index in [9.17, 15) is 0 Å². The molecule has 6 N–H and O–H groups in total. The van der Waals surface area contributed by atoms with Gasteiger partial charge in [-0.3, -0.25) is 0 Å². The second-order valence-electron chi connectivity index (χ2n) is 3.62. The lowest BCUT2D eigenvalue weighted by molar-refractivity contribution is -0.118. The highest BCUT2D eigenvalue weighted by atomic mass is 16.7. The van der Waals surface area contributed by atoms with E-state index < -0.39 is 6.29 Å². The first kappa shape index (κ1) is 13.5. The second-order valence-corrected chi connectivity index (χ2v) is 3.62. The summed E-state index contributed by atoms with van der Waals surface area (Å²) in [5.41, 5.74) is 17.7. The molecular formula is C10H19N5O2. The van der Waals surface area contributed by atoms with Gasteiger partial charge in [-0.1, -0.05) is 6.92 Å². The standard InChI is InChI=1S/C10H19N5O2/c1-4-5(9(16-2)17-3)6-7(11)14-10(13)15-8(6)12/h5,9H,4H2,1-3H3,(H6,11,12,13,14,15). The minimum atomic E-state index is -0.447. The van der Waals surface area contributed by atoms with E-state index in [1.165, 1.54) is 0 Å². The summed E-state index contributed by atoms with van der Waals surface area (Å²) in [6.45, 7) is 1.98. The molecule has 7 nitrogen and oxygen atoms in total. The quantitative estimate of drug-likeness (QED) is 0.635. The van der Waals surface area contributed by atoms with Crippen molar-refractivity contribution in [1.29, 1.82) is 0 Å². The predicted octanol–water partition coefficient (Wildman–Crippen LogP) is 0.336. The Morgan fingerprint density at radius 3 is 1.88 bits per heavy atom. The van der Waals surface area contributed by atoms with Gasteiger partial charge in [0.05, 0.1) is 0 Å². The lowest BCUT2D eigenvalue weighted by Gasteiger charge is -2.25. The summed E-state index contributed by atoms with van der Waals surface area (Å²) in [5, 5.41) is 0. The molecule has 17 heavy (non-hydrogen) atoms. The van der Waals surface area contributed by atoms with Crippen molar-refractivity contribution in [1.82, 2.24) is 9.97 Å². The van der Waals surface area contributed by atoms with Crippen LogP contribution >= 0.6 is 0 Å². The highest BCUT2D eigenvalue weighted by Gasteiger charge is 2.27. The number of rotatable bonds is 5. The van der Waals surface area contributed by atoms with Crippen LogP contribution in [-0.4, -0.2) is 30.5 Å². The Balaban J connectivity index is 3.20. The molecule has 0 aliphatic heterocycles. The molecule has 1 aromatic rings. The van der Waals surface area contributed by atoms with Crippen LogP contribution in [0, 0.1) is 0 Å². The zero-order chi connectivity index (χ0) is 13.0. The van der Waals surface area contributed by atoms with Crippen LogP contribution < -0.4 is 17.2 Å². The number of hydrogen-bond donors (Lipinski definition) is 3. The van der Waals surface area contributed by atoms with E-state index in [-0.39, 0.29) is 23.5 Å². The molecule has 0 saturated carbocycles. The topological polar surface area (TPSA) is 122 Å². The van der Waals surface area contributed by atoms with Crippen LogP contribution in [0.3, 0.4) is 0 Å². The number of hydrogen-bond acceptors (Lipinski definition) is 7. The van der Waals surface area contributed by atoms with Gasteiger partial charge in [-0.2, -0.15) is 9.97 Å². The van der Waals surface area contributed by atoms with Crippen LogP contribution in [-0.2, 0) is 9.47 Å². The maximum Gasteiger partial charge on any atom is 0.223 e. The van der Waals surface area contributed by atoms with Gasteiger partial charge < -0.3 is 26.7 Å². The summed E-state index contributed by atoms with van der Waals surface area (Å²) in [5.74, 6) is 0.456. The average molecular weight is 241 g/mol. The van der Waals surface area contributed by atoms with Crippen LogP contribution in [0.15, 0.2) is 0 Å². The van der Waals surface area contributed by atoms with Gasteiger partial charge >= 0.3 is 0 Å². The first-order valence-electron chi connectivity index (χ1n) is 5.29. The van der Waals surface area contributed by atoms with E-state index in [1.54, 1.807) is 14.2 Å². The molecule has 0 aliphatic rings. The molecule has 0 fully saturated rings. The number of ether oxygens (including phenoxy) is 2. The fourth-order valence-corrected chi connectivity index (χ4v) is 1.86. The minimum Gasteiger partial charge on any atom is -0.383 e. The number of nitrogens with zero attached hydrogens (tertiary/aromatic N) is 2. The van der Waals surface area contributed by atoms with Crippen molar-refractivity contribution < 1.29 is 9.47 Å². The lowest BCUT2D eigenvalue weighted by Crippen LogP contribution is -2.25. The zero-order valence-corrected chi connectivity index (χ0v) is 10.3. The maximum absolute atomic E-state index is 5.82. The van der Waals surface area contributed by atoms with E-state index in [0.29, 0.717) is 5.56 Å². The van der Waals surface area contributed by atoms with Crippen LogP contribution in [0.4, 0.5) is 17.6 Å². The van der Waals surface area contributed by atoms with E-state index >= 15 is 0 Å². The molecule has 0 radical (unpaired) electrons. The molecule has 1 heterocycles. The van der Waals surface area contributed by atoms with Crippen molar-refractivity contribution >= 4 is 17.6 Å². The van der Waals surface area contributed by atoms with Crippen LogP contribution in [0.1, 0.15) is 24.8 Å². The van der Waals surface area contributed by atoms with E-state index in [4.69, 9.17) is 26.7 Å². The Kier molecular flexibility index (Phi) is 4.47. The fourth-order valence-electron chi connectivity index (χ4n) is 1.86. The Hall–Kier alpha value is -1.60. The van der Waals surface area contributed by atoms with Crippen molar-refractivity contribution in [2.75, 3.05) is 31.4 Å². The molecule has 0 aliphatic carbocycles. The number of methoxy groups -OCH3 is 2. The third-order valence-electron chi connectivity index (χ3n) is 2.63. The molecule has 0 bridgehead atoms. The normalized spacial score (nSPS) is 12.9. The Bertz CT molecular complexity index is 358. The van der Waals surface area contributed by atoms with Gasteiger partial charge in [-0.05, 0) is 6.42 Å². The minimum absolute atomic E-state index is 0.0602. The zero-order valence-electron chi connectivity index (χ0n) is 10.3. The number of nitrogen functional groups attached to an aromatic ring is 3. The molecule has 0 saturated heterocycles. The first-order chi connectivity index (χ1) is 8.04. The summed E-state index contributed by atoms with van der Waals surface area (Å²) in [6, 6.07) is 0. The summed E-state index contributed by atoms with van der Waals surface area (Å²) in [6.07, 6.45) is 0.283. The van der Waals surface area contributed by atoms with Crippen LogP contribution in [0.5, 0.6) is 0 Å². The largest absolute Gasteiger partial charge is 0.383 e. The fraction of sp³-hybridized carbons (Fsp3) is 0.600. The van der Waals surface area contributed by atoms with E-state index in [0.717, 1.165) is 6.42 Å². The van der Waals surface area contributed by atoms with Gasteiger partial charge in [-0.25, -0.2) is 0 Å². The van der Waals surface area contributed by atoms with Gasteiger partial charge in [0.25, 0.3) is 0 Å². The molecule has 1 rings (SSSR count). The molecule has 0 spiro atoms. The van der Waals surface area contributed by atoms with Crippen molar-refractivity contribution in [3.05, 3.63) is 5.56 Å². The third-order valence-corrected chi connectivity index (χ3v) is 2.63.